The number of nitrogens with zero attached hydrogens (tertiary/aromatic N) is 3. The first-order valence-corrected chi connectivity index (χ1v) is 8.23. The Balaban J connectivity index is 0.00000225. The average Bonchev–Trinajstić information content (AvgIpc) is 3.26. The summed E-state index contributed by atoms with van der Waals surface area (Å²) in [6.45, 7) is 3.25. The van der Waals surface area contributed by atoms with E-state index in [0.29, 0.717) is 18.3 Å². The molecule has 0 saturated heterocycles. The molecule has 1 aliphatic rings. The molecule has 25 heavy (non-hydrogen) atoms. The van der Waals surface area contributed by atoms with E-state index in [1.807, 2.05) is 13.0 Å². The molecular weight excluding hydrogens is 432 g/mol. The quantitative estimate of drug-likeness (QED) is 0.315. The molecule has 0 aliphatic heterocycles. The van der Waals surface area contributed by atoms with E-state index < -0.39 is 0 Å². The van der Waals surface area contributed by atoms with Crippen LogP contribution in [0.3, 0.4) is 0 Å². The summed E-state index contributed by atoms with van der Waals surface area (Å²) in [7, 11) is 0. The lowest BCUT2D eigenvalue weighted by molar-refractivity contribution is 0.615. The SMILES string of the molecule is CCNC(=NCc1ccc(-n2ccnc2)c(F)c1)NC1CC=CC1.I. The molecule has 7 heteroatoms. The van der Waals surface area contributed by atoms with Gasteiger partial charge < -0.3 is 15.2 Å². The molecule has 0 unspecified atom stereocenters. The van der Waals surface area contributed by atoms with E-state index in [1.165, 1.54) is 6.07 Å². The van der Waals surface area contributed by atoms with Gasteiger partial charge >= 0.3 is 0 Å². The van der Waals surface area contributed by atoms with E-state index in [-0.39, 0.29) is 29.8 Å². The summed E-state index contributed by atoms with van der Waals surface area (Å²) >= 11 is 0. The van der Waals surface area contributed by atoms with E-state index in [1.54, 1.807) is 29.4 Å². The zero-order valence-electron chi connectivity index (χ0n) is 14.2. The molecule has 1 aromatic carbocycles. The third-order valence-electron chi connectivity index (χ3n) is 3.91. The van der Waals surface area contributed by atoms with Crippen LogP contribution in [0.15, 0.2) is 54.1 Å². The van der Waals surface area contributed by atoms with Crippen molar-refractivity contribution in [3.63, 3.8) is 0 Å². The standard InChI is InChI=1S/C18H22FN5.HI/c1-2-21-18(23-15-5-3-4-6-15)22-12-14-7-8-17(16(19)11-14)24-10-9-20-13-24;/h3-4,7-11,13,15H,2,5-6,12H2,1H3,(H2,21,22,23);1H. The number of halogens is 2. The summed E-state index contributed by atoms with van der Waals surface area (Å²) < 4.78 is 15.9. The summed E-state index contributed by atoms with van der Waals surface area (Å²) in [5, 5.41) is 6.64. The number of benzene rings is 1. The number of aromatic nitrogens is 2. The van der Waals surface area contributed by atoms with Crippen molar-refractivity contribution in [2.45, 2.75) is 32.4 Å². The summed E-state index contributed by atoms with van der Waals surface area (Å²) in [5.74, 6) is 0.490. The van der Waals surface area contributed by atoms with E-state index in [0.717, 1.165) is 30.9 Å². The van der Waals surface area contributed by atoms with Crippen LogP contribution in [0.2, 0.25) is 0 Å². The van der Waals surface area contributed by atoms with Crippen LogP contribution in [0.5, 0.6) is 0 Å². The lowest BCUT2D eigenvalue weighted by Gasteiger charge is -2.16. The number of imidazole rings is 1. The maximum atomic E-state index is 14.3. The predicted molar refractivity (Wildman–Crippen MR) is 109 cm³/mol. The molecule has 1 heterocycles. The Kier molecular flexibility index (Phi) is 7.42. The molecule has 0 fully saturated rings. The van der Waals surface area contributed by atoms with Crippen molar-refractivity contribution in [2.24, 2.45) is 4.99 Å². The van der Waals surface area contributed by atoms with Gasteiger partial charge in [0.05, 0.1) is 18.6 Å². The van der Waals surface area contributed by atoms with Crippen molar-refractivity contribution < 1.29 is 4.39 Å². The van der Waals surface area contributed by atoms with Crippen molar-refractivity contribution >= 4 is 29.9 Å². The minimum atomic E-state index is -0.279. The molecule has 134 valence electrons. The molecule has 0 atom stereocenters. The molecule has 1 aliphatic carbocycles. The fourth-order valence-electron chi connectivity index (χ4n) is 2.68. The molecule has 0 bridgehead atoms. The molecule has 2 N–H and O–H groups in total. The Hall–Kier alpha value is -1.90. The largest absolute Gasteiger partial charge is 0.357 e. The highest BCUT2D eigenvalue weighted by Gasteiger charge is 2.11. The van der Waals surface area contributed by atoms with E-state index >= 15 is 0 Å². The maximum absolute atomic E-state index is 14.3. The van der Waals surface area contributed by atoms with Gasteiger partial charge in [0.2, 0.25) is 0 Å². The van der Waals surface area contributed by atoms with Crippen LogP contribution in [0.25, 0.3) is 5.69 Å². The Labute approximate surface area is 164 Å². The lowest BCUT2D eigenvalue weighted by Crippen LogP contribution is -2.42. The third kappa shape index (κ3) is 5.29. The van der Waals surface area contributed by atoms with Crippen molar-refractivity contribution in [1.29, 1.82) is 0 Å². The van der Waals surface area contributed by atoms with Crippen LogP contribution >= 0.6 is 24.0 Å². The molecule has 0 radical (unpaired) electrons. The van der Waals surface area contributed by atoms with Gasteiger partial charge in [-0.2, -0.15) is 0 Å². The van der Waals surface area contributed by atoms with Crippen LogP contribution in [0.4, 0.5) is 4.39 Å². The van der Waals surface area contributed by atoms with Crippen molar-refractivity contribution in [3.05, 3.63) is 60.5 Å². The Bertz CT molecular complexity index is 719. The minimum Gasteiger partial charge on any atom is -0.357 e. The molecule has 3 rings (SSSR count). The van der Waals surface area contributed by atoms with E-state index in [4.69, 9.17) is 0 Å². The molecule has 1 aromatic heterocycles. The van der Waals surface area contributed by atoms with Crippen LogP contribution in [0, 0.1) is 5.82 Å². The number of guanidine groups is 1. The van der Waals surface area contributed by atoms with E-state index in [9.17, 15) is 4.39 Å². The zero-order valence-corrected chi connectivity index (χ0v) is 16.5. The first kappa shape index (κ1) is 19.4. The number of nitrogens with one attached hydrogen (secondary N) is 2. The number of rotatable bonds is 5. The second-order valence-corrected chi connectivity index (χ2v) is 5.73. The van der Waals surface area contributed by atoms with Gasteiger partial charge in [-0.05, 0) is 37.5 Å². The highest BCUT2D eigenvalue weighted by Crippen LogP contribution is 2.15. The van der Waals surface area contributed by atoms with E-state index in [2.05, 4.69) is 32.8 Å². The zero-order chi connectivity index (χ0) is 16.8. The van der Waals surface area contributed by atoms with Gasteiger partial charge in [-0.15, -0.1) is 24.0 Å². The molecule has 0 amide bonds. The predicted octanol–water partition coefficient (Wildman–Crippen LogP) is 3.40. The third-order valence-corrected chi connectivity index (χ3v) is 3.91. The van der Waals surface area contributed by atoms with Crippen LogP contribution < -0.4 is 10.6 Å². The van der Waals surface area contributed by atoms with Crippen molar-refractivity contribution in [3.8, 4) is 5.69 Å². The summed E-state index contributed by atoms with van der Waals surface area (Å²) in [4.78, 5) is 8.51. The Morgan fingerprint density at radius 2 is 2.16 bits per heavy atom. The fraction of sp³-hybridized carbons (Fsp3) is 0.333. The smallest absolute Gasteiger partial charge is 0.191 e. The number of aliphatic imine (C=N–C) groups is 1. The van der Waals surface area contributed by atoms with Gasteiger partial charge in [-0.25, -0.2) is 14.4 Å². The second-order valence-electron chi connectivity index (χ2n) is 5.73. The topological polar surface area (TPSA) is 54.2 Å². The highest BCUT2D eigenvalue weighted by molar-refractivity contribution is 14.0. The minimum absolute atomic E-state index is 0. The monoisotopic (exact) mass is 455 g/mol. The van der Waals surface area contributed by atoms with Crippen LogP contribution in [0.1, 0.15) is 25.3 Å². The molecular formula is C18H23FIN5. The first-order valence-electron chi connectivity index (χ1n) is 8.23. The maximum Gasteiger partial charge on any atom is 0.191 e. The average molecular weight is 455 g/mol. The normalized spacial score (nSPS) is 14.4. The molecule has 2 aromatic rings. The summed E-state index contributed by atoms with van der Waals surface area (Å²) in [6, 6.07) is 5.56. The summed E-state index contributed by atoms with van der Waals surface area (Å²) in [5.41, 5.74) is 1.32. The van der Waals surface area contributed by atoms with Crippen LogP contribution in [-0.2, 0) is 6.54 Å². The van der Waals surface area contributed by atoms with Gasteiger partial charge in [0.25, 0.3) is 0 Å². The van der Waals surface area contributed by atoms with Gasteiger partial charge in [-0.1, -0.05) is 18.2 Å². The number of hydrogen-bond donors (Lipinski definition) is 2. The number of hydrogen-bond acceptors (Lipinski definition) is 2. The van der Waals surface area contributed by atoms with Gasteiger partial charge in [0, 0.05) is 25.0 Å². The lowest BCUT2D eigenvalue weighted by atomic mass is 10.2. The van der Waals surface area contributed by atoms with Gasteiger partial charge in [-0.3, -0.25) is 0 Å². The highest BCUT2D eigenvalue weighted by atomic mass is 127. The molecule has 0 spiro atoms. The Morgan fingerprint density at radius 3 is 2.80 bits per heavy atom. The first-order chi connectivity index (χ1) is 11.8. The second kappa shape index (κ2) is 9.55. The van der Waals surface area contributed by atoms with Crippen molar-refractivity contribution in [1.82, 2.24) is 20.2 Å². The Morgan fingerprint density at radius 1 is 1.36 bits per heavy atom. The van der Waals surface area contributed by atoms with Crippen molar-refractivity contribution in [2.75, 3.05) is 6.54 Å². The van der Waals surface area contributed by atoms with Gasteiger partial charge in [0.15, 0.2) is 5.96 Å². The summed E-state index contributed by atoms with van der Waals surface area (Å²) in [6.07, 6.45) is 11.3. The van der Waals surface area contributed by atoms with Gasteiger partial charge in [0.1, 0.15) is 5.82 Å². The molecule has 5 nitrogen and oxygen atoms in total. The molecule has 0 saturated carbocycles. The fourth-order valence-corrected chi connectivity index (χ4v) is 2.68. The van der Waals surface area contributed by atoms with Crippen LogP contribution in [-0.4, -0.2) is 28.1 Å².